The van der Waals surface area contributed by atoms with Gasteiger partial charge in [0, 0.05) is 4.90 Å². The summed E-state index contributed by atoms with van der Waals surface area (Å²) in [6.07, 6.45) is 0. The van der Waals surface area contributed by atoms with Crippen molar-refractivity contribution in [3.05, 3.63) is 29.8 Å². The van der Waals surface area contributed by atoms with Gasteiger partial charge >= 0.3 is 0 Å². The van der Waals surface area contributed by atoms with Gasteiger partial charge < -0.3 is 0 Å². The first-order valence-electron chi connectivity index (χ1n) is 5.26. The zero-order valence-corrected chi connectivity index (χ0v) is 12.1. The van der Waals surface area contributed by atoms with E-state index in [4.69, 9.17) is 0 Å². The Bertz CT molecular complexity index is 556. The van der Waals surface area contributed by atoms with Crippen LogP contribution in [0.3, 0.4) is 0 Å². The third-order valence-corrected chi connectivity index (χ3v) is 4.29. The van der Waals surface area contributed by atoms with E-state index in [-0.39, 0.29) is 5.91 Å². The molecule has 0 unspecified atom stereocenters. The zero-order chi connectivity index (χ0) is 13.0. The Morgan fingerprint density at radius 2 is 2.22 bits per heavy atom. The number of amides is 1. The molecule has 0 bridgehead atoms. The number of carbonyl (C=O) groups is 1. The van der Waals surface area contributed by atoms with Gasteiger partial charge in [-0.1, -0.05) is 42.2 Å². The summed E-state index contributed by atoms with van der Waals surface area (Å²) in [5.74, 6) is 0.715. The number of thiol groups is 1. The Morgan fingerprint density at radius 3 is 2.94 bits per heavy atom. The molecule has 0 atom stereocenters. The molecule has 1 N–H and O–H groups in total. The normalized spacial score (nSPS) is 10.3. The number of hydrogen-bond donors (Lipinski definition) is 2. The number of carbonyl (C=O) groups excluding carboxylic acids is 1. The molecule has 0 aliphatic rings. The van der Waals surface area contributed by atoms with Gasteiger partial charge in [0.2, 0.25) is 5.13 Å². The average Bonchev–Trinajstić information content (AvgIpc) is 2.77. The van der Waals surface area contributed by atoms with Crippen LogP contribution in [-0.2, 0) is 0 Å². The minimum atomic E-state index is -0.218. The second-order valence-electron chi connectivity index (χ2n) is 3.28. The number of benzene rings is 1. The third kappa shape index (κ3) is 3.24. The fourth-order valence-electron chi connectivity index (χ4n) is 1.27. The van der Waals surface area contributed by atoms with Crippen LogP contribution in [0.5, 0.6) is 0 Å². The van der Waals surface area contributed by atoms with Crippen molar-refractivity contribution in [2.75, 3.05) is 11.1 Å². The maximum atomic E-state index is 12.0. The van der Waals surface area contributed by atoms with Crippen molar-refractivity contribution in [3.63, 3.8) is 0 Å². The Hall–Kier alpha value is -1.05. The van der Waals surface area contributed by atoms with E-state index in [1.165, 1.54) is 11.3 Å². The molecule has 2 rings (SSSR count). The summed E-state index contributed by atoms with van der Waals surface area (Å²) in [6.45, 7) is 2.04. The van der Waals surface area contributed by atoms with Crippen molar-refractivity contribution in [2.24, 2.45) is 0 Å². The van der Waals surface area contributed by atoms with E-state index in [0.717, 1.165) is 10.1 Å². The van der Waals surface area contributed by atoms with Crippen LogP contribution in [-0.4, -0.2) is 21.9 Å². The smallest absolute Gasteiger partial charge is 0.258 e. The molecule has 1 amide bonds. The van der Waals surface area contributed by atoms with Crippen LogP contribution >= 0.6 is 35.7 Å². The Morgan fingerprint density at radius 1 is 1.44 bits per heavy atom. The Labute approximate surface area is 119 Å². The van der Waals surface area contributed by atoms with Crippen molar-refractivity contribution in [1.29, 1.82) is 0 Å². The van der Waals surface area contributed by atoms with Gasteiger partial charge in [-0.2, -0.15) is 0 Å². The molecule has 0 fully saturated rings. The number of thioether (sulfide) groups is 1. The second-order valence-corrected chi connectivity index (χ2v) is 6.25. The van der Waals surface area contributed by atoms with Gasteiger partial charge in [0.15, 0.2) is 4.34 Å². The van der Waals surface area contributed by atoms with Crippen LogP contribution in [0.1, 0.15) is 17.3 Å². The van der Waals surface area contributed by atoms with Crippen molar-refractivity contribution in [2.45, 2.75) is 16.2 Å². The van der Waals surface area contributed by atoms with Gasteiger partial charge in [-0.3, -0.25) is 10.1 Å². The fourth-order valence-corrected chi connectivity index (χ4v) is 3.18. The Kier molecular flexibility index (Phi) is 4.62. The summed E-state index contributed by atoms with van der Waals surface area (Å²) >= 11 is 7.22. The van der Waals surface area contributed by atoms with Gasteiger partial charge in [0.25, 0.3) is 5.91 Å². The molecule has 0 aliphatic carbocycles. The molecule has 4 nitrogen and oxygen atoms in total. The number of hydrogen-bond acceptors (Lipinski definition) is 6. The lowest BCUT2D eigenvalue weighted by molar-refractivity contribution is 0.102. The molecule has 2 aromatic rings. The van der Waals surface area contributed by atoms with Crippen molar-refractivity contribution in [3.8, 4) is 0 Å². The first-order chi connectivity index (χ1) is 8.70. The summed E-state index contributed by atoms with van der Waals surface area (Å²) < 4.78 is 0.854. The molecule has 0 spiro atoms. The van der Waals surface area contributed by atoms with E-state index in [0.29, 0.717) is 15.6 Å². The van der Waals surface area contributed by atoms with Crippen LogP contribution in [0.15, 0.2) is 33.5 Å². The SMILES string of the molecule is CCSc1nnc(NC(=O)c2ccccc2S)s1. The second kappa shape index (κ2) is 6.21. The molecule has 0 saturated carbocycles. The van der Waals surface area contributed by atoms with Crippen LogP contribution < -0.4 is 5.32 Å². The molecule has 0 radical (unpaired) electrons. The first kappa shape index (κ1) is 13.4. The molecule has 0 saturated heterocycles. The number of nitrogens with one attached hydrogen (secondary N) is 1. The van der Waals surface area contributed by atoms with E-state index in [1.54, 1.807) is 30.0 Å². The summed E-state index contributed by atoms with van der Waals surface area (Å²) in [6, 6.07) is 7.13. The number of aromatic nitrogens is 2. The molecule has 1 aromatic heterocycles. The minimum Gasteiger partial charge on any atom is -0.296 e. The van der Waals surface area contributed by atoms with Crippen molar-refractivity contribution < 1.29 is 4.79 Å². The predicted octanol–water partition coefficient (Wildman–Crippen LogP) is 3.19. The van der Waals surface area contributed by atoms with Gasteiger partial charge in [-0.15, -0.1) is 22.8 Å². The predicted molar refractivity (Wildman–Crippen MR) is 78.0 cm³/mol. The van der Waals surface area contributed by atoms with Crippen LogP contribution in [0.2, 0.25) is 0 Å². The molecule has 1 heterocycles. The Balaban J connectivity index is 2.09. The van der Waals surface area contributed by atoms with Gasteiger partial charge in [0.05, 0.1) is 5.56 Å². The lowest BCUT2D eigenvalue weighted by Gasteiger charge is -2.03. The standard InChI is InChI=1S/C11H11N3OS3/c1-2-17-11-14-13-10(18-11)12-9(15)7-5-3-4-6-8(7)16/h3-6,16H,2H2,1H3,(H,12,13,15). The highest BCUT2D eigenvalue weighted by atomic mass is 32.2. The van der Waals surface area contributed by atoms with Gasteiger partial charge in [-0.05, 0) is 17.9 Å². The van der Waals surface area contributed by atoms with E-state index in [1.807, 2.05) is 13.0 Å². The average molecular weight is 297 g/mol. The van der Waals surface area contributed by atoms with E-state index in [2.05, 4.69) is 28.1 Å². The van der Waals surface area contributed by atoms with E-state index >= 15 is 0 Å². The van der Waals surface area contributed by atoms with E-state index in [9.17, 15) is 4.79 Å². The molecular weight excluding hydrogens is 286 g/mol. The monoisotopic (exact) mass is 297 g/mol. The lowest BCUT2D eigenvalue weighted by Crippen LogP contribution is -2.12. The topological polar surface area (TPSA) is 54.9 Å². The maximum absolute atomic E-state index is 12.0. The molecule has 7 heteroatoms. The highest BCUT2D eigenvalue weighted by Gasteiger charge is 2.12. The van der Waals surface area contributed by atoms with Gasteiger partial charge in [0.1, 0.15) is 0 Å². The highest BCUT2D eigenvalue weighted by molar-refractivity contribution is 8.01. The van der Waals surface area contributed by atoms with Crippen LogP contribution in [0, 0.1) is 0 Å². The molecule has 18 heavy (non-hydrogen) atoms. The minimum absolute atomic E-state index is 0.218. The number of rotatable bonds is 4. The van der Waals surface area contributed by atoms with Crippen LogP contribution in [0.25, 0.3) is 0 Å². The van der Waals surface area contributed by atoms with Crippen molar-refractivity contribution in [1.82, 2.24) is 10.2 Å². The summed E-state index contributed by atoms with van der Waals surface area (Å²) in [4.78, 5) is 12.6. The fraction of sp³-hybridized carbons (Fsp3) is 0.182. The first-order valence-corrected chi connectivity index (χ1v) is 7.51. The molecule has 94 valence electrons. The number of nitrogens with zero attached hydrogens (tertiary/aromatic N) is 2. The maximum Gasteiger partial charge on any atom is 0.258 e. The van der Waals surface area contributed by atoms with Gasteiger partial charge in [-0.25, -0.2) is 0 Å². The highest BCUT2D eigenvalue weighted by Crippen LogP contribution is 2.25. The van der Waals surface area contributed by atoms with Crippen LogP contribution in [0.4, 0.5) is 5.13 Å². The zero-order valence-electron chi connectivity index (χ0n) is 9.58. The number of anilines is 1. The summed E-state index contributed by atoms with van der Waals surface area (Å²) in [5.41, 5.74) is 0.528. The summed E-state index contributed by atoms with van der Waals surface area (Å²) in [7, 11) is 0. The lowest BCUT2D eigenvalue weighted by atomic mass is 10.2. The van der Waals surface area contributed by atoms with Crippen molar-refractivity contribution >= 4 is 46.8 Å². The molecule has 0 aliphatic heterocycles. The molecule has 1 aromatic carbocycles. The largest absolute Gasteiger partial charge is 0.296 e. The summed E-state index contributed by atoms with van der Waals surface area (Å²) in [5, 5.41) is 11.1. The van der Waals surface area contributed by atoms with E-state index < -0.39 is 0 Å². The third-order valence-electron chi connectivity index (χ3n) is 2.04. The molecular formula is C11H11N3OS3. The quantitative estimate of drug-likeness (QED) is 0.517.